The summed E-state index contributed by atoms with van der Waals surface area (Å²) < 4.78 is 36.8. The van der Waals surface area contributed by atoms with Crippen LogP contribution in [-0.2, 0) is 13.0 Å². The minimum Gasteiger partial charge on any atom is -0.497 e. The van der Waals surface area contributed by atoms with Crippen molar-refractivity contribution >= 4 is 17.1 Å². The number of hydrogen-bond donors (Lipinski definition) is 1. The summed E-state index contributed by atoms with van der Waals surface area (Å²) >= 11 is 0. The molecule has 1 N–H and O–H groups in total. The first-order chi connectivity index (χ1) is 17.5. The Morgan fingerprint density at radius 2 is 1.78 bits per heavy atom. The predicted molar refractivity (Wildman–Crippen MR) is 132 cm³/mol. The molecule has 0 aliphatic rings. The van der Waals surface area contributed by atoms with Crippen molar-refractivity contribution < 1.29 is 13.5 Å². The topological polar surface area (TPSA) is 86.9 Å². The van der Waals surface area contributed by atoms with Gasteiger partial charge in [-0.15, -0.1) is 0 Å². The molecule has 0 aliphatic carbocycles. The van der Waals surface area contributed by atoms with Crippen LogP contribution < -0.4 is 15.7 Å². The number of pyridine rings is 1. The van der Waals surface area contributed by atoms with Crippen LogP contribution in [0.2, 0.25) is 0 Å². The zero-order valence-corrected chi connectivity index (χ0v) is 19.4. The van der Waals surface area contributed by atoms with E-state index < -0.39 is 17.3 Å². The summed E-state index contributed by atoms with van der Waals surface area (Å²) in [4.78, 5) is 26.5. The average Bonchev–Trinajstić information content (AvgIpc) is 3.17. The van der Waals surface area contributed by atoms with Gasteiger partial charge in [-0.2, -0.15) is 4.98 Å². The SMILES string of the molecule is COc1cccc(-n2c(=O)n(Cc3c(F)cccc3F)c3cnc(NCCc4ccncc4)nc32)c1. The zero-order chi connectivity index (χ0) is 25.1. The maximum absolute atomic E-state index is 14.4. The van der Waals surface area contributed by atoms with E-state index in [0.717, 1.165) is 24.1 Å². The molecule has 182 valence electrons. The molecule has 0 atom stereocenters. The first-order valence-corrected chi connectivity index (χ1v) is 11.2. The molecule has 3 heterocycles. The monoisotopic (exact) mass is 488 g/mol. The van der Waals surface area contributed by atoms with Gasteiger partial charge in [-0.1, -0.05) is 12.1 Å². The van der Waals surface area contributed by atoms with Gasteiger partial charge in [-0.3, -0.25) is 9.55 Å². The molecular weight excluding hydrogens is 466 g/mol. The Bertz CT molecular complexity index is 1560. The lowest BCUT2D eigenvalue weighted by Gasteiger charge is -2.07. The molecule has 0 saturated heterocycles. The molecular formula is C26H22F2N6O2. The molecule has 5 rings (SSSR count). The molecule has 10 heteroatoms. The van der Waals surface area contributed by atoms with Crippen LogP contribution in [0.25, 0.3) is 16.9 Å². The highest BCUT2D eigenvalue weighted by molar-refractivity contribution is 5.74. The van der Waals surface area contributed by atoms with E-state index in [2.05, 4.69) is 20.3 Å². The first kappa shape index (κ1) is 23.2. The van der Waals surface area contributed by atoms with Gasteiger partial charge in [0.1, 0.15) is 22.9 Å². The number of ether oxygens (including phenoxy) is 1. The lowest BCUT2D eigenvalue weighted by atomic mass is 10.2. The first-order valence-electron chi connectivity index (χ1n) is 11.2. The highest BCUT2D eigenvalue weighted by Gasteiger charge is 2.20. The number of nitrogens with one attached hydrogen (secondary N) is 1. The van der Waals surface area contributed by atoms with Crippen molar-refractivity contribution in [3.63, 3.8) is 0 Å². The van der Waals surface area contributed by atoms with Crippen molar-refractivity contribution in [1.82, 2.24) is 24.1 Å². The molecule has 0 radical (unpaired) electrons. The number of hydrogen-bond acceptors (Lipinski definition) is 6. The number of rotatable bonds is 8. The Morgan fingerprint density at radius 3 is 2.53 bits per heavy atom. The lowest BCUT2D eigenvalue weighted by molar-refractivity contribution is 0.414. The molecule has 0 saturated carbocycles. The second-order valence-corrected chi connectivity index (χ2v) is 8.04. The predicted octanol–water partition coefficient (Wildman–Crippen LogP) is 3.97. The fourth-order valence-corrected chi connectivity index (χ4v) is 3.97. The van der Waals surface area contributed by atoms with Crippen LogP contribution in [-0.4, -0.2) is 37.7 Å². The molecule has 3 aromatic heterocycles. The molecule has 0 bridgehead atoms. The summed E-state index contributed by atoms with van der Waals surface area (Å²) in [5.41, 5.74) is 1.51. The van der Waals surface area contributed by atoms with E-state index in [1.807, 2.05) is 12.1 Å². The normalized spacial score (nSPS) is 11.1. The number of methoxy groups -OCH3 is 1. The number of aromatic nitrogens is 5. The third kappa shape index (κ3) is 4.52. The Balaban J connectivity index is 1.58. The van der Waals surface area contributed by atoms with Gasteiger partial charge in [0.2, 0.25) is 5.95 Å². The van der Waals surface area contributed by atoms with Crippen molar-refractivity contribution in [3.05, 3.63) is 106 Å². The summed E-state index contributed by atoms with van der Waals surface area (Å²) in [6, 6.07) is 14.4. The molecule has 0 spiro atoms. The number of fused-ring (bicyclic) bond motifs is 1. The summed E-state index contributed by atoms with van der Waals surface area (Å²) in [6.45, 7) is 0.239. The summed E-state index contributed by atoms with van der Waals surface area (Å²) in [5.74, 6) is -0.605. The van der Waals surface area contributed by atoms with Gasteiger partial charge in [0, 0.05) is 30.6 Å². The Labute approximate surface area is 204 Å². The lowest BCUT2D eigenvalue weighted by Crippen LogP contribution is -2.24. The Kier molecular flexibility index (Phi) is 6.40. The molecule has 0 fully saturated rings. The van der Waals surface area contributed by atoms with Gasteiger partial charge in [-0.25, -0.2) is 23.1 Å². The fourth-order valence-electron chi connectivity index (χ4n) is 3.97. The molecule has 5 aromatic rings. The molecule has 8 nitrogen and oxygen atoms in total. The van der Waals surface area contributed by atoms with Crippen LogP contribution in [0, 0.1) is 11.6 Å². The van der Waals surface area contributed by atoms with E-state index in [-0.39, 0.29) is 12.1 Å². The van der Waals surface area contributed by atoms with Crippen LogP contribution in [0.5, 0.6) is 5.75 Å². The molecule has 36 heavy (non-hydrogen) atoms. The Hall–Kier alpha value is -4.60. The van der Waals surface area contributed by atoms with Crippen molar-refractivity contribution in [3.8, 4) is 11.4 Å². The number of anilines is 1. The van der Waals surface area contributed by atoms with Crippen molar-refractivity contribution in [2.45, 2.75) is 13.0 Å². The maximum Gasteiger partial charge on any atom is 0.335 e. The van der Waals surface area contributed by atoms with Gasteiger partial charge >= 0.3 is 5.69 Å². The van der Waals surface area contributed by atoms with Crippen molar-refractivity contribution in [2.75, 3.05) is 19.0 Å². The number of imidazole rings is 1. The third-order valence-electron chi connectivity index (χ3n) is 5.81. The van der Waals surface area contributed by atoms with Crippen LogP contribution in [0.3, 0.4) is 0 Å². The van der Waals surface area contributed by atoms with Gasteiger partial charge in [-0.05, 0) is 48.4 Å². The smallest absolute Gasteiger partial charge is 0.335 e. The fraction of sp³-hybridized carbons (Fsp3) is 0.154. The van der Waals surface area contributed by atoms with Gasteiger partial charge in [0.05, 0.1) is 25.5 Å². The van der Waals surface area contributed by atoms with E-state index in [0.29, 0.717) is 35.1 Å². The zero-order valence-electron chi connectivity index (χ0n) is 19.4. The largest absolute Gasteiger partial charge is 0.497 e. The molecule has 0 amide bonds. The second kappa shape index (κ2) is 9.95. The molecule has 0 unspecified atom stereocenters. The van der Waals surface area contributed by atoms with Crippen molar-refractivity contribution in [2.24, 2.45) is 0 Å². The highest BCUT2D eigenvalue weighted by atomic mass is 19.1. The van der Waals surface area contributed by atoms with E-state index in [9.17, 15) is 13.6 Å². The number of halogens is 2. The van der Waals surface area contributed by atoms with Gasteiger partial charge < -0.3 is 10.1 Å². The summed E-state index contributed by atoms with van der Waals surface area (Å²) in [6.07, 6.45) is 5.66. The third-order valence-corrected chi connectivity index (χ3v) is 5.81. The highest BCUT2D eigenvalue weighted by Crippen LogP contribution is 2.22. The van der Waals surface area contributed by atoms with E-state index in [1.165, 1.54) is 28.5 Å². The summed E-state index contributed by atoms with van der Waals surface area (Å²) in [5, 5.41) is 3.17. The molecule has 0 aliphatic heterocycles. The Morgan fingerprint density at radius 1 is 1.03 bits per heavy atom. The van der Waals surface area contributed by atoms with Crippen LogP contribution in [0.15, 0.2) is 78.0 Å². The van der Waals surface area contributed by atoms with E-state index >= 15 is 0 Å². The minimum atomic E-state index is -0.737. The number of nitrogens with zero attached hydrogens (tertiary/aromatic N) is 5. The van der Waals surface area contributed by atoms with Crippen LogP contribution >= 0.6 is 0 Å². The summed E-state index contributed by atoms with van der Waals surface area (Å²) in [7, 11) is 1.53. The minimum absolute atomic E-state index is 0.219. The van der Waals surface area contributed by atoms with Gasteiger partial charge in [0.25, 0.3) is 0 Å². The quantitative estimate of drug-likeness (QED) is 0.356. The van der Waals surface area contributed by atoms with E-state index in [1.54, 1.807) is 36.7 Å². The van der Waals surface area contributed by atoms with Crippen LogP contribution in [0.4, 0.5) is 14.7 Å². The molecule has 2 aromatic carbocycles. The van der Waals surface area contributed by atoms with Crippen LogP contribution in [0.1, 0.15) is 11.1 Å². The second-order valence-electron chi connectivity index (χ2n) is 8.04. The van der Waals surface area contributed by atoms with E-state index in [4.69, 9.17) is 4.74 Å². The van der Waals surface area contributed by atoms with Crippen molar-refractivity contribution in [1.29, 1.82) is 0 Å². The maximum atomic E-state index is 14.4. The standard InChI is InChI=1S/C26H22F2N6O2/c1-36-19-5-2-4-18(14-19)34-24-23(33(26(34)35)16-20-21(27)6-3-7-22(20)28)15-31-25(32-24)30-13-10-17-8-11-29-12-9-17/h2-9,11-12,14-15H,10,13,16H2,1H3,(H,30,31,32). The van der Waals surface area contributed by atoms with Gasteiger partial charge in [0.15, 0.2) is 5.65 Å². The average molecular weight is 488 g/mol. The number of benzene rings is 2.